The van der Waals surface area contributed by atoms with E-state index in [2.05, 4.69) is 24.3 Å². The van der Waals surface area contributed by atoms with Crippen molar-refractivity contribution in [3.8, 4) is 0 Å². The topological polar surface area (TPSA) is 87.1 Å². The molecule has 2 heterocycles. The molecule has 51 heavy (non-hydrogen) atoms. The number of imide groups is 2. The Morgan fingerprint density at radius 1 is 0.490 bits per heavy atom. The molecular formula is C44H31N3O4. The Morgan fingerprint density at radius 2 is 0.922 bits per heavy atom. The van der Waals surface area contributed by atoms with Crippen molar-refractivity contribution in [2.75, 3.05) is 0 Å². The largest absolute Gasteiger partial charge is 0.278 e. The van der Waals surface area contributed by atoms with Crippen LogP contribution in [0, 0.1) is 23.7 Å². The average Bonchev–Trinajstić information content (AvgIpc) is 3.59. The van der Waals surface area contributed by atoms with Gasteiger partial charge in [-0.2, -0.15) is 10.1 Å². The summed E-state index contributed by atoms with van der Waals surface area (Å²) in [5.41, 5.74) is 7.80. The van der Waals surface area contributed by atoms with Crippen LogP contribution in [0.2, 0.25) is 0 Å². The van der Waals surface area contributed by atoms with Crippen LogP contribution in [0.5, 0.6) is 0 Å². The van der Waals surface area contributed by atoms with E-state index in [-0.39, 0.29) is 47.9 Å². The lowest BCUT2D eigenvalue weighted by Crippen LogP contribution is -2.55. The van der Waals surface area contributed by atoms with Crippen molar-refractivity contribution in [1.29, 1.82) is 0 Å². The minimum Gasteiger partial charge on any atom is -0.278 e. The number of carbonyl (C=O) groups is 4. The number of amides is 4. The number of carbonyl (C=O) groups excluding carboxylic acids is 4. The van der Waals surface area contributed by atoms with Crippen LogP contribution in [0.15, 0.2) is 132 Å². The lowest BCUT2D eigenvalue weighted by molar-refractivity contribution is -0.141. The molecule has 2 fully saturated rings. The van der Waals surface area contributed by atoms with Gasteiger partial charge in [0.2, 0.25) is 11.8 Å². The highest BCUT2D eigenvalue weighted by molar-refractivity contribution is 6.12. The molecule has 7 heteroatoms. The van der Waals surface area contributed by atoms with Gasteiger partial charge in [-0.15, -0.1) is 0 Å². The maximum absolute atomic E-state index is 14.7. The zero-order valence-corrected chi connectivity index (χ0v) is 27.4. The van der Waals surface area contributed by atoms with Gasteiger partial charge in [-0.25, -0.2) is 0 Å². The lowest BCUT2D eigenvalue weighted by Gasteiger charge is -2.52. The second-order valence-corrected chi connectivity index (χ2v) is 14.8. The first-order valence-electron chi connectivity index (χ1n) is 17.7. The minimum atomic E-state index is -1.18. The Bertz CT molecular complexity index is 2260. The molecule has 13 rings (SSSR count). The number of rotatable bonds is 4. The Kier molecular flexibility index (Phi) is 5.69. The highest BCUT2D eigenvalue weighted by atomic mass is 16.2. The molecule has 7 nitrogen and oxygen atoms in total. The molecule has 2 saturated heterocycles. The van der Waals surface area contributed by atoms with Crippen molar-refractivity contribution in [1.82, 2.24) is 9.91 Å². The Labute approximate surface area is 294 Å². The van der Waals surface area contributed by atoms with Crippen molar-refractivity contribution in [3.05, 3.63) is 177 Å². The Hall–Kier alpha value is -5.95. The summed E-state index contributed by atoms with van der Waals surface area (Å²) in [5, 5.41) is 5.97. The van der Waals surface area contributed by atoms with Gasteiger partial charge in [0, 0.05) is 24.0 Å². The second-order valence-electron chi connectivity index (χ2n) is 14.8. The van der Waals surface area contributed by atoms with E-state index in [9.17, 15) is 19.2 Å². The van der Waals surface area contributed by atoms with Gasteiger partial charge in [-0.05, 0) is 50.1 Å². The van der Waals surface area contributed by atoms with E-state index in [0.29, 0.717) is 0 Å². The molecule has 0 unspecified atom stereocenters. The SMILES string of the molecule is O=C1[C@@H]2C3c4ccccc4C(/C=N\N4C(=O)[C@@H]5C6c7ccccc7C(c7ccccc76)[C@H]5C4=O)(c4ccccc43)[C@H]2C(=O)N1Cc1ccccc1. The predicted octanol–water partition coefficient (Wildman–Crippen LogP) is 6.11. The van der Waals surface area contributed by atoms with Gasteiger partial charge in [-0.3, -0.25) is 24.1 Å². The summed E-state index contributed by atoms with van der Waals surface area (Å²) in [6, 6.07) is 41.8. The molecule has 0 aromatic heterocycles. The molecular weight excluding hydrogens is 635 g/mol. The van der Waals surface area contributed by atoms with Crippen LogP contribution in [0.25, 0.3) is 0 Å². The van der Waals surface area contributed by atoms with Crippen LogP contribution in [-0.2, 0) is 31.1 Å². The molecule has 5 aromatic carbocycles. The van der Waals surface area contributed by atoms with Gasteiger partial charge >= 0.3 is 0 Å². The Balaban J connectivity index is 1.07. The van der Waals surface area contributed by atoms with Crippen LogP contribution in [0.3, 0.4) is 0 Å². The maximum Gasteiger partial charge on any atom is 0.254 e. The summed E-state index contributed by atoms with van der Waals surface area (Å²) in [7, 11) is 0. The quantitative estimate of drug-likeness (QED) is 0.171. The normalized spacial score (nSPS) is 30.3. The molecule has 0 N–H and O–H groups in total. The summed E-state index contributed by atoms with van der Waals surface area (Å²) in [6.45, 7) is 0.175. The summed E-state index contributed by atoms with van der Waals surface area (Å²) in [4.78, 5) is 59.8. The average molecular weight is 666 g/mol. The lowest BCUT2D eigenvalue weighted by atomic mass is 9.47. The van der Waals surface area contributed by atoms with E-state index in [1.807, 2.05) is 103 Å². The molecule has 0 saturated carbocycles. The molecule has 6 aliphatic carbocycles. The van der Waals surface area contributed by atoms with Crippen molar-refractivity contribution in [2.24, 2.45) is 28.8 Å². The van der Waals surface area contributed by atoms with E-state index in [1.165, 1.54) is 4.90 Å². The fraction of sp³-hybridized carbons (Fsp3) is 0.205. The zero-order chi connectivity index (χ0) is 34.2. The van der Waals surface area contributed by atoms with Gasteiger partial charge in [0.05, 0.1) is 35.6 Å². The zero-order valence-electron chi connectivity index (χ0n) is 27.4. The molecule has 4 atom stereocenters. The van der Waals surface area contributed by atoms with Crippen LogP contribution in [-0.4, -0.2) is 39.8 Å². The van der Waals surface area contributed by atoms with E-state index < -0.39 is 29.1 Å². The number of hydrazone groups is 1. The number of nitrogens with zero attached hydrogens (tertiary/aromatic N) is 3. The fourth-order valence-corrected chi connectivity index (χ4v) is 11.0. The van der Waals surface area contributed by atoms with Crippen molar-refractivity contribution >= 4 is 29.8 Å². The number of benzene rings is 5. The van der Waals surface area contributed by atoms with Crippen LogP contribution >= 0.6 is 0 Å². The van der Waals surface area contributed by atoms with Crippen LogP contribution in [0.4, 0.5) is 0 Å². The van der Waals surface area contributed by atoms with Gasteiger partial charge < -0.3 is 0 Å². The molecule has 8 aliphatic rings. The van der Waals surface area contributed by atoms with E-state index in [0.717, 1.165) is 55.1 Å². The smallest absolute Gasteiger partial charge is 0.254 e. The van der Waals surface area contributed by atoms with Gasteiger partial charge in [0.15, 0.2) is 0 Å². The van der Waals surface area contributed by atoms with Crippen LogP contribution < -0.4 is 0 Å². The Morgan fingerprint density at radius 3 is 1.43 bits per heavy atom. The number of hydrogen-bond acceptors (Lipinski definition) is 5. The summed E-state index contributed by atoms with van der Waals surface area (Å²) < 4.78 is 0. The first-order chi connectivity index (χ1) is 25.0. The first-order valence-corrected chi connectivity index (χ1v) is 17.7. The standard InChI is InChI=1S/C44H31N3O4/c48-40-38-35-29-18-8-10-20-31(29)44(32-21-11-9-19-30(32)35,39(38)43(51)46(40)22-24-12-2-1-3-13-24)23-45-47-41(49)36-33-25-14-4-5-15-26(25)34(37(36)42(47)50)28-17-7-6-16-27(28)33/h1-21,23,33-39H,22H2/b45-23-/t33?,34?,35?,36-,37-,38-,39-,44?/m1/s1. The van der Waals surface area contributed by atoms with E-state index >= 15 is 0 Å². The molecule has 2 aliphatic heterocycles. The van der Waals surface area contributed by atoms with Gasteiger partial charge in [0.25, 0.3) is 11.8 Å². The number of likely N-dealkylation sites (tertiary alicyclic amines) is 1. The van der Waals surface area contributed by atoms with Crippen molar-refractivity contribution in [2.45, 2.75) is 29.7 Å². The summed E-state index contributed by atoms with van der Waals surface area (Å²) >= 11 is 0. The molecule has 0 radical (unpaired) electrons. The predicted molar refractivity (Wildman–Crippen MR) is 188 cm³/mol. The highest BCUT2D eigenvalue weighted by Gasteiger charge is 2.68. The molecule has 4 amide bonds. The van der Waals surface area contributed by atoms with Gasteiger partial charge in [-0.1, -0.05) is 127 Å². The molecule has 246 valence electrons. The van der Waals surface area contributed by atoms with Crippen molar-refractivity contribution in [3.63, 3.8) is 0 Å². The van der Waals surface area contributed by atoms with Gasteiger partial charge in [0.1, 0.15) is 0 Å². The summed E-state index contributed by atoms with van der Waals surface area (Å²) in [6.07, 6.45) is 1.67. The van der Waals surface area contributed by atoms with Crippen LogP contribution in [0.1, 0.15) is 67.8 Å². The third kappa shape index (κ3) is 3.46. The third-order valence-electron chi connectivity index (χ3n) is 12.8. The monoisotopic (exact) mass is 665 g/mol. The highest BCUT2D eigenvalue weighted by Crippen LogP contribution is 2.64. The maximum atomic E-state index is 14.7. The molecule has 0 spiro atoms. The van der Waals surface area contributed by atoms with E-state index in [4.69, 9.17) is 5.10 Å². The molecule has 4 bridgehead atoms. The number of hydrogen-bond donors (Lipinski definition) is 0. The second kappa shape index (κ2) is 10.1. The fourth-order valence-electron chi connectivity index (χ4n) is 11.0. The third-order valence-corrected chi connectivity index (χ3v) is 12.8. The van der Waals surface area contributed by atoms with Crippen molar-refractivity contribution < 1.29 is 19.2 Å². The molecule has 5 aromatic rings. The summed E-state index contributed by atoms with van der Waals surface area (Å²) in [5.74, 6) is -4.50. The first kappa shape index (κ1) is 28.8. The minimum absolute atomic E-state index is 0.175. The van der Waals surface area contributed by atoms with E-state index in [1.54, 1.807) is 6.21 Å².